The molecule has 1 N–H and O–H groups in total. The maximum atomic E-state index is 12.6. The van der Waals surface area contributed by atoms with E-state index in [1.54, 1.807) is 0 Å². The zero-order chi connectivity index (χ0) is 14.8. The van der Waals surface area contributed by atoms with Gasteiger partial charge in [0, 0.05) is 3.57 Å². The Balaban J connectivity index is 1.83. The molecular formula is C17H15ClINO. The predicted octanol–water partition coefficient (Wildman–Crippen LogP) is 5.00. The highest BCUT2D eigenvalue weighted by Crippen LogP contribution is 2.33. The zero-order valence-electron chi connectivity index (χ0n) is 11.4. The highest BCUT2D eigenvalue weighted by atomic mass is 127. The van der Waals surface area contributed by atoms with Gasteiger partial charge in [-0.25, -0.2) is 0 Å². The van der Waals surface area contributed by atoms with Gasteiger partial charge in [0.1, 0.15) is 0 Å². The van der Waals surface area contributed by atoms with Gasteiger partial charge in [0.2, 0.25) is 5.91 Å². The molecule has 1 amide bonds. The molecule has 0 spiro atoms. The van der Waals surface area contributed by atoms with Crippen LogP contribution in [0.5, 0.6) is 0 Å². The molecule has 1 aliphatic rings. The van der Waals surface area contributed by atoms with Crippen LogP contribution in [-0.4, -0.2) is 5.91 Å². The van der Waals surface area contributed by atoms with Gasteiger partial charge in [-0.2, -0.15) is 0 Å². The first kappa shape index (κ1) is 14.9. The monoisotopic (exact) mass is 411 g/mol. The molecule has 1 aliphatic carbocycles. The molecule has 1 atom stereocenters. The minimum absolute atomic E-state index is 0.0326. The molecular weight excluding hydrogens is 397 g/mol. The Hall–Kier alpha value is -1.07. The Morgan fingerprint density at radius 1 is 1.24 bits per heavy atom. The smallest absolute Gasteiger partial charge is 0.231 e. The molecule has 0 aliphatic heterocycles. The minimum atomic E-state index is -0.0784. The summed E-state index contributed by atoms with van der Waals surface area (Å²) in [6.07, 6.45) is 3.00. The molecule has 0 saturated carbocycles. The Kier molecular flexibility index (Phi) is 4.50. The third-order valence-electron chi connectivity index (χ3n) is 3.87. The SMILES string of the molecule is O=C(Nc1ccc(I)cc1Cl)C1CCCc2ccccc21. The van der Waals surface area contributed by atoms with Crippen LogP contribution in [0.3, 0.4) is 0 Å². The number of nitrogens with one attached hydrogen (secondary N) is 1. The molecule has 0 aromatic heterocycles. The van der Waals surface area contributed by atoms with Crippen molar-refractivity contribution in [3.05, 3.63) is 62.2 Å². The van der Waals surface area contributed by atoms with Crippen LogP contribution in [0.1, 0.15) is 29.9 Å². The molecule has 0 heterocycles. The molecule has 0 bridgehead atoms. The highest BCUT2D eigenvalue weighted by molar-refractivity contribution is 14.1. The fourth-order valence-electron chi connectivity index (χ4n) is 2.84. The Morgan fingerprint density at radius 3 is 2.86 bits per heavy atom. The number of halogens is 2. The molecule has 0 fully saturated rings. The van der Waals surface area contributed by atoms with E-state index in [1.807, 2.05) is 30.3 Å². The molecule has 3 rings (SSSR count). The van der Waals surface area contributed by atoms with E-state index in [9.17, 15) is 4.79 Å². The van der Waals surface area contributed by atoms with E-state index in [2.05, 4.69) is 40.0 Å². The van der Waals surface area contributed by atoms with Gasteiger partial charge in [0.05, 0.1) is 16.6 Å². The third kappa shape index (κ3) is 3.24. The lowest BCUT2D eigenvalue weighted by Gasteiger charge is -2.24. The van der Waals surface area contributed by atoms with E-state index in [0.717, 1.165) is 28.4 Å². The van der Waals surface area contributed by atoms with E-state index in [4.69, 9.17) is 11.6 Å². The number of benzene rings is 2. The van der Waals surface area contributed by atoms with Crippen LogP contribution >= 0.6 is 34.2 Å². The number of fused-ring (bicyclic) bond motifs is 1. The second-order valence-electron chi connectivity index (χ2n) is 5.26. The second kappa shape index (κ2) is 6.36. The van der Waals surface area contributed by atoms with Crippen molar-refractivity contribution in [2.45, 2.75) is 25.2 Å². The van der Waals surface area contributed by atoms with Crippen LogP contribution < -0.4 is 5.32 Å². The summed E-state index contributed by atoms with van der Waals surface area (Å²) in [7, 11) is 0. The average molecular weight is 412 g/mol. The number of hydrogen-bond acceptors (Lipinski definition) is 1. The van der Waals surface area contributed by atoms with Gasteiger partial charge in [-0.15, -0.1) is 0 Å². The fraction of sp³-hybridized carbons (Fsp3) is 0.235. The quantitative estimate of drug-likeness (QED) is 0.692. The molecule has 2 aromatic carbocycles. The molecule has 1 unspecified atom stereocenters. The van der Waals surface area contributed by atoms with E-state index >= 15 is 0 Å². The summed E-state index contributed by atoms with van der Waals surface area (Å²) in [6, 6.07) is 13.9. The minimum Gasteiger partial charge on any atom is -0.324 e. The van der Waals surface area contributed by atoms with Crippen molar-refractivity contribution in [3.63, 3.8) is 0 Å². The lowest BCUT2D eigenvalue weighted by molar-refractivity contribution is -0.117. The van der Waals surface area contributed by atoms with Crippen molar-refractivity contribution in [1.82, 2.24) is 0 Å². The van der Waals surface area contributed by atoms with Gasteiger partial charge in [-0.05, 0) is 71.2 Å². The van der Waals surface area contributed by atoms with Gasteiger partial charge < -0.3 is 5.32 Å². The molecule has 4 heteroatoms. The first-order valence-electron chi connectivity index (χ1n) is 6.99. The molecule has 0 radical (unpaired) electrons. The molecule has 108 valence electrons. The summed E-state index contributed by atoms with van der Waals surface area (Å²) in [6.45, 7) is 0. The normalized spacial score (nSPS) is 17.1. The summed E-state index contributed by atoms with van der Waals surface area (Å²) < 4.78 is 1.05. The van der Waals surface area contributed by atoms with Crippen molar-refractivity contribution in [2.24, 2.45) is 0 Å². The lowest BCUT2D eigenvalue weighted by atomic mass is 9.82. The Labute approximate surface area is 143 Å². The van der Waals surface area contributed by atoms with Gasteiger partial charge in [0.25, 0.3) is 0 Å². The van der Waals surface area contributed by atoms with E-state index < -0.39 is 0 Å². The first-order valence-corrected chi connectivity index (χ1v) is 8.44. The number of aryl methyl sites for hydroxylation is 1. The fourth-order valence-corrected chi connectivity index (χ4v) is 3.74. The Morgan fingerprint density at radius 2 is 2.05 bits per heavy atom. The first-order chi connectivity index (χ1) is 10.1. The van der Waals surface area contributed by atoms with E-state index in [-0.39, 0.29) is 11.8 Å². The standard InChI is InChI=1S/C17H15ClINO/c18-15-10-12(19)8-9-16(15)20-17(21)14-7-3-5-11-4-1-2-6-13(11)14/h1-2,4,6,8-10,14H,3,5,7H2,(H,20,21). The van der Waals surface area contributed by atoms with Crippen molar-refractivity contribution in [2.75, 3.05) is 5.32 Å². The second-order valence-corrected chi connectivity index (χ2v) is 6.91. The lowest BCUT2D eigenvalue weighted by Crippen LogP contribution is -2.24. The van der Waals surface area contributed by atoms with Crippen LogP contribution in [0.2, 0.25) is 5.02 Å². The highest BCUT2D eigenvalue weighted by Gasteiger charge is 2.26. The molecule has 21 heavy (non-hydrogen) atoms. The molecule has 2 nitrogen and oxygen atoms in total. The van der Waals surface area contributed by atoms with Crippen LogP contribution in [-0.2, 0) is 11.2 Å². The van der Waals surface area contributed by atoms with Gasteiger partial charge in [0.15, 0.2) is 0 Å². The summed E-state index contributed by atoms with van der Waals surface area (Å²) in [5.74, 6) is -0.0458. The third-order valence-corrected chi connectivity index (χ3v) is 4.86. The Bertz CT molecular complexity index is 686. The molecule has 2 aromatic rings. The number of anilines is 1. The average Bonchev–Trinajstić information content (AvgIpc) is 2.49. The number of carbonyl (C=O) groups is 1. The summed E-state index contributed by atoms with van der Waals surface area (Å²) in [5, 5.41) is 3.56. The van der Waals surface area contributed by atoms with E-state index in [1.165, 1.54) is 5.56 Å². The topological polar surface area (TPSA) is 29.1 Å². The summed E-state index contributed by atoms with van der Waals surface area (Å²) in [5.41, 5.74) is 3.13. The summed E-state index contributed by atoms with van der Waals surface area (Å²) in [4.78, 5) is 12.6. The van der Waals surface area contributed by atoms with Crippen molar-refractivity contribution in [1.29, 1.82) is 0 Å². The number of amides is 1. The summed E-state index contributed by atoms with van der Waals surface area (Å²) >= 11 is 8.40. The van der Waals surface area contributed by atoms with Crippen LogP contribution in [0, 0.1) is 3.57 Å². The van der Waals surface area contributed by atoms with Crippen molar-refractivity contribution >= 4 is 45.8 Å². The van der Waals surface area contributed by atoms with E-state index in [0.29, 0.717) is 10.7 Å². The number of rotatable bonds is 2. The number of carbonyl (C=O) groups excluding carboxylic acids is 1. The maximum Gasteiger partial charge on any atom is 0.231 e. The maximum absolute atomic E-state index is 12.6. The van der Waals surface area contributed by atoms with Crippen LogP contribution in [0.15, 0.2) is 42.5 Å². The van der Waals surface area contributed by atoms with Crippen molar-refractivity contribution < 1.29 is 4.79 Å². The predicted molar refractivity (Wildman–Crippen MR) is 94.9 cm³/mol. The number of hydrogen-bond donors (Lipinski definition) is 1. The van der Waals surface area contributed by atoms with Gasteiger partial charge in [-0.3, -0.25) is 4.79 Å². The van der Waals surface area contributed by atoms with Crippen LogP contribution in [0.25, 0.3) is 0 Å². The largest absolute Gasteiger partial charge is 0.324 e. The van der Waals surface area contributed by atoms with Crippen LogP contribution in [0.4, 0.5) is 5.69 Å². The van der Waals surface area contributed by atoms with Crippen molar-refractivity contribution in [3.8, 4) is 0 Å². The van der Waals surface area contributed by atoms with Gasteiger partial charge in [-0.1, -0.05) is 35.9 Å². The van der Waals surface area contributed by atoms with Gasteiger partial charge >= 0.3 is 0 Å². The zero-order valence-corrected chi connectivity index (χ0v) is 14.3. The molecule has 0 saturated heterocycles.